The first-order valence-electron chi connectivity index (χ1n) is 6.18. The summed E-state index contributed by atoms with van der Waals surface area (Å²) < 4.78 is 0. The first-order valence-corrected chi connectivity index (χ1v) is 6.18. The average Bonchev–Trinajstić information content (AvgIpc) is 2.20. The summed E-state index contributed by atoms with van der Waals surface area (Å²) >= 11 is 0. The number of rotatable bonds is 5. The first kappa shape index (κ1) is 13.4. The highest BCUT2D eigenvalue weighted by Gasteiger charge is 2.11. The summed E-state index contributed by atoms with van der Waals surface area (Å²) in [4.78, 5) is 16.2. The molecular formula is C13H24N2O. The number of carbonyl (C=O) groups excluding carboxylic acids is 1. The molecule has 3 heteroatoms. The maximum atomic E-state index is 11.4. The van der Waals surface area contributed by atoms with Gasteiger partial charge in [-0.2, -0.15) is 0 Å². The summed E-state index contributed by atoms with van der Waals surface area (Å²) in [5.41, 5.74) is 0. The third-order valence-corrected chi connectivity index (χ3v) is 2.87. The van der Waals surface area contributed by atoms with Gasteiger partial charge in [0.15, 0.2) is 5.78 Å². The van der Waals surface area contributed by atoms with Crippen LogP contribution in [0.2, 0.25) is 0 Å². The number of likely N-dealkylation sites (N-methyl/N-ethyl adjacent to an activating group) is 1. The lowest BCUT2D eigenvalue weighted by Crippen LogP contribution is -2.44. The molecule has 3 nitrogen and oxygen atoms in total. The monoisotopic (exact) mass is 224 g/mol. The predicted molar refractivity (Wildman–Crippen MR) is 67.5 cm³/mol. The van der Waals surface area contributed by atoms with Crippen molar-refractivity contribution >= 4 is 5.78 Å². The fourth-order valence-corrected chi connectivity index (χ4v) is 1.83. The van der Waals surface area contributed by atoms with E-state index in [1.54, 1.807) is 6.08 Å². The van der Waals surface area contributed by atoms with Crippen LogP contribution in [0.4, 0.5) is 0 Å². The van der Waals surface area contributed by atoms with Gasteiger partial charge in [0.1, 0.15) is 0 Å². The minimum Gasteiger partial charge on any atom is -0.304 e. The number of hydrogen-bond donors (Lipinski definition) is 0. The Kier molecular flexibility index (Phi) is 5.71. The van der Waals surface area contributed by atoms with Crippen molar-refractivity contribution in [2.24, 2.45) is 5.92 Å². The molecule has 1 aliphatic heterocycles. The van der Waals surface area contributed by atoms with E-state index in [0.717, 1.165) is 32.7 Å². The van der Waals surface area contributed by atoms with Crippen molar-refractivity contribution in [3.63, 3.8) is 0 Å². The second-order valence-corrected chi connectivity index (χ2v) is 5.07. The second-order valence-electron chi connectivity index (χ2n) is 5.07. The van der Waals surface area contributed by atoms with E-state index in [4.69, 9.17) is 0 Å². The Bertz CT molecular complexity index is 240. The van der Waals surface area contributed by atoms with Crippen LogP contribution in [0.1, 0.15) is 20.3 Å². The van der Waals surface area contributed by atoms with Crippen molar-refractivity contribution in [1.82, 2.24) is 9.80 Å². The molecule has 0 aromatic carbocycles. The van der Waals surface area contributed by atoms with E-state index in [9.17, 15) is 4.79 Å². The van der Waals surface area contributed by atoms with Crippen LogP contribution < -0.4 is 0 Å². The molecule has 0 spiro atoms. The minimum atomic E-state index is 0.254. The van der Waals surface area contributed by atoms with Crippen molar-refractivity contribution in [1.29, 1.82) is 0 Å². The normalized spacial score (nSPS) is 19.8. The van der Waals surface area contributed by atoms with E-state index in [-0.39, 0.29) is 5.78 Å². The number of ketones is 1. The van der Waals surface area contributed by atoms with Gasteiger partial charge in [0.05, 0.1) is 0 Å². The Hall–Kier alpha value is -0.670. The maximum Gasteiger partial charge on any atom is 0.155 e. The van der Waals surface area contributed by atoms with Gasteiger partial charge in [0.25, 0.3) is 0 Å². The highest BCUT2D eigenvalue weighted by Crippen LogP contribution is 2.02. The molecule has 1 fully saturated rings. The Labute approximate surface area is 99.1 Å². The van der Waals surface area contributed by atoms with Crippen LogP contribution in [0, 0.1) is 5.92 Å². The van der Waals surface area contributed by atoms with E-state index in [1.807, 2.05) is 6.08 Å². The summed E-state index contributed by atoms with van der Waals surface area (Å²) in [7, 11) is 2.15. The molecule has 0 N–H and O–H groups in total. The van der Waals surface area contributed by atoms with Crippen LogP contribution in [0.25, 0.3) is 0 Å². The Morgan fingerprint density at radius 2 is 1.88 bits per heavy atom. The minimum absolute atomic E-state index is 0.254. The summed E-state index contributed by atoms with van der Waals surface area (Å²) in [6, 6.07) is 0. The lowest BCUT2D eigenvalue weighted by molar-refractivity contribution is -0.115. The van der Waals surface area contributed by atoms with Gasteiger partial charge < -0.3 is 4.90 Å². The molecule has 0 saturated carbocycles. The Balaban J connectivity index is 2.18. The number of piperazine rings is 1. The molecule has 0 aliphatic carbocycles. The van der Waals surface area contributed by atoms with E-state index in [2.05, 4.69) is 30.7 Å². The molecule has 1 saturated heterocycles. The first-order chi connectivity index (χ1) is 7.58. The van der Waals surface area contributed by atoms with Gasteiger partial charge in [-0.15, -0.1) is 0 Å². The number of carbonyl (C=O) groups is 1. The molecule has 0 atom stereocenters. The van der Waals surface area contributed by atoms with Crippen LogP contribution in [0.15, 0.2) is 12.2 Å². The highest BCUT2D eigenvalue weighted by molar-refractivity contribution is 5.89. The van der Waals surface area contributed by atoms with E-state index >= 15 is 0 Å². The molecule has 0 radical (unpaired) electrons. The van der Waals surface area contributed by atoms with E-state index in [0.29, 0.717) is 12.3 Å². The Morgan fingerprint density at radius 1 is 1.25 bits per heavy atom. The molecule has 0 unspecified atom stereocenters. The zero-order valence-electron chi connectivity index (χ0n) is 10.8. The van der Waals surface area contributed by atoms with Crippen LogP contribution >= 0.6 is 0 Å². The zero-order valence-corrected chi connectivity index (χ0v) is 10.8. The summed E-state index contributed by atoms with van der Waals surface area (Å²) in [6.07, 6.45) is 4.42. The molecule has 0 bridgehead atoms. The summed E-state index contributed by atoms with van der Waals surface area (Å²) in [5.74, 6) is 0.713. The van der Waals surface area contributed by atoms with Crippen LogP contribution in [0.3, 0.4) is 0 Å². The van der Waals surface area contributed by atoms with Crippen LogP contribution in [-0.2, 0) is 4.79 Å². The van der Waals surface area contributed by atoms with Crippen LogP contribution in [-0.4, -0.2) is 55.4 Å². The van der Waals surface area contributed by atoms with Gasteiger partial charge in [0.2, 0.25) is 0 Å². The fourth-order valence-electron chi connectivity index (χ4n) is 1.83. The molecule has 16 heavy (non-hydrogen) atoms. The van der Waals surface area contributed by atoms with Crippen molar-refractivity contribution in [3.05, 3.63) is 12.2 Å². The van der Waals surface area contributed by atoms with Gasteiger partial charge in [-0.3, -0.25) is 9.69 Å². The average molecular weight is 224 g/mol. The number of hydrogen-bond acceptors (Lipinski definition) is 3. The topological polar surface area (TPSA) is 23.6 Å². The Morgan fingerprint density at radius 3 is 2.44 bits per heavy atom. The zero-order chi connectivity index (χ0) is 12.0. The molecule has 0 aromatic rings. The van der Waals surface area contributed by atoms with Gasteiger partial charge >= 0.3 is 0 Å². The lowest BCUT2D eigenvalue weighted by Gasteiger charge is -2.31. The largest absolute Gasteiger partial charge is 0.304 e. The van der Waals surface area contributed by atoms with Gasteiger partial charge in [-0.1, -0.05) is 19.9 Å². The molecule has 92 valence electrons. The van der Waals surface area contributed by atoms with Crippen molar-refractivity contribution < 1.29 is 4.79 Å². The molecule has 1 aliphatic rings. The van der Waals surface area contributed by atoms with Gasteiger partial charge in [0, 0.05) is 39.1 Å². The van der Waals surface area contributed by atoms with Crippen molar-refractivity contribution in [2.75, 3.05) is 39.8 Å². The molecule has 1 rings (SSSR count). The number of nitrogens with zero attached hydrogens (tertiary/aromatic N) is 2. The molecular weight excluding hydrogens is 200 g/mol. The van der Waals surface area contributed by atoms with Crippen LogP contribution in [0.5, 0.6) is 0 Å². The second kappa shape index (κ2) is 6.81. The predicted octanol–water partition coefficient (Wildman–Crippen LogP) is 1.41. The molecule has 0 aromatic heterocycles. The summed E-state index contributed by atoms with van der Waals surface area (Å²) in [5, 5.41) is 0. The van der Waals surface area contributed by atoms with Crippen molar-refractivity contribution in [3.8, 4) is 0 Å². The number of allylic oxidation sites excluding steroid dienone is 1. The van der Waals surface area contributed by atoms with E-state index in [1.165, 1.54) is 0 Å². The van der Waals surface area contributed by atoms with E-state index < -0.39 is 0 Å². The van der Waals surface area contributed by atoms with Crippen molar-refractivity contribution in [2.45, 2.75) is 20.3 Å². The quantitative estimate of drug-likeness (QED) is 0.660. The standard InChI is InChI=1S/C13H24N2O/c1-12(2)11-13(16)5-4-6-15-9-7-14(3)8-10-15/h4-5,12H,6-11H2,1-3H3/b5-4+. The third-order valence-electron chi connectivity index (χ3n) is 2.87. The maximum absolute atomic E-state index is 11.4. The van der Waals surface area contributed by atoms with Gasteiger partial charge in [-0.05, 0) is 19.0 Å². The van der Waals surface area contributed by atoms with Gasteiger partial charge in [-0.25, -0.2) is 0 Å². The molecule has 1 heterocycles. The highest BCUT2D eigenvalue weighted by atomic mass is 16.1. The smallest absolute Gasteiger partial charge is 0.155 e. The lowest BCUT2D eigenvalue weighted by atomic mass is 10.1. The third kappa shape index (κ3) is 5.42. The SMILES string of the molecule is CC(C)CC(=O)/C=C/CN1CCN(C)CC1. The summed E-state index contributed by atoms with van der Waals surface area (Å²) in [6.45, 7) is 9.55. The fraction of sp³-hybridized carbons (Fsp3) is 0.769. The molecule has 0 amide bonds.